The largest absolute Gasteiger partial charge is 0.392 e. The van der Waals surface area contributed by atoms with Crippen molar-refractivity contribution in [3.8, 4) is 0 Å². The van der Waals surface area contributed by atoms with Gasteiger partial charge in [0.05, 0.1) is 12.2 Å². The predicted octanol–water partition coefficient (Wildman–Crippen LogP) is 7.23. The second-order valence-electron chi connectivity index (χ2n) is 11.6. The average Bonchev–Trinajstić information content (AvgIpc) is 3.07. The lowest BCUT2D eigenvalue weighted by Gasteiger charge is -2.44. The van der Waals surface area contributed by atoms with Gasteiger partial charge in [-0.25, -0.2) is 0 Å². The van der Waals surface area contributed by atoms with Gasteiger partial charge in [-0.1, -0.05) is 78.2 Å². The molecule has 2 N–H and O–H groups in total. The Hall–Kier alpha value is -0.860. The van der Waals surface area contributed by atoms with Gasteiger partial charge in [0.25, 0.3) is 0 Å². The molecule has 0 amide bonds. The fraction of sp³-hybridized carbons (Fsp3) is 0.793. The summed E-state index contributed by atoms with van der Waals surface area (Å²) in [5, 5.41) is 21.1. The van der Waals surface area contributed by atoms with E-state index in [-0.39, 0.29) is 5.92 Å². The lowest BCUT2D eigenvalue weighted by Crippen LogP contribution is -2.38. The molecule has 0 aliphatic heterocycles. The van der Waals surface area contributed by atoms with Crippen LogP contribution in [-0.2, 0) is 0 Å². The number of hydrogen-bond donors (Lipinski definition) is 2. The van der Waals surface area contributed by atoms with Gasteiger partial charge >= 0.3 is 0 Å². The van der Waals surface area contributed by atoms with Crippen molar-refractivity contribution < 1.29 is 10.2 Å². The summed E-state index contributed by atoms with van der Waals surface area (Å²) in [5.41, 5.74) is 3.90. The summed E-state index contributed by atoms with van der Waals surface area (Å²) in [7, 11) is 0. The molecular weight excluding hydrogens is 380 g/mol. The Labute approximate surface area is 191 Å². The predicted molar refractivity (Wildman–Crippen MR) is 132 cm³/mol. The number of hydrogen-bond acceptors (Lipinski definition) is 2. The van der Waals surface area contributed by atoms with Gasteiger partial charge in [-0.15, -0.1) is 0 Å². The zero-order valence-corrected chi connectivity index (χ0v) is 20.9. The van der Waals surface area contributed by atoms with Gasteiger partial charge in [-0.2, -0.15) is 0 Å². The Kier molecular flexibility index (Phi) is 8.30. The molecule has 0 saturated heterocycles. The molecule has 3 fully saturated rings. The van der Waals surface area contributed by atoms with Gasteiger partial charge in [0.2, 0.25) is 0 Å². The number of allylic oxidation sites excluding steroid dienone is 3. The average molecular weight is 429 g/mol. The molecule has 0 radical (unpaired) electrons. The smallest absolute Gasteiger partial charge is 0.0839 e. The van der Waals surface area contributed by atoms with Crippen LogP contribution in [0.5, 0.6) is 0 Å². The minimum atomic E-state index is -0.613. The van der Waals surface area contributed by atoms with Gasteiger partial charge < -0.3 is 10.2 Å². The van der Waals surface area contributed by atoms with Gasteiger partial charge in [0.1, 0.15) is 0 Å². The van der Waals surface area contributed by atoms with Crippen molar-refractivity contribution in [3.63, 3.8) is 0 Å². The van der Waals surface area contributed by atoms with Crippen molar-refractivity contribution in [2.45, 2.75) is 111 Å². The van der Waals surface area contributed by atoms with Gasteiger partial charge in [-0.05, 0) is 85.2 Å². The highest BCUT2D eigenvalue weighted by molar-refractivity contribution is 5.39. The lowest BCUT2D eigenvalue weighted by atomic mass is 9.60. The van der Waals surface area contributed by atoms with Gasteiger partial charge in [0, 0.05) is 5.92 Å². The molecule has 0 spiro atoms. The zero-order chi connectivity index (χ0) is 22.8. The summed E-state index contributed by atoms with van der Waals surface area (Å²) >= 11 is 0. The van der Waals surface area contributed by atoms with Crippen molar-refractivity contribution >= 4 is 0 Å². The second-order valence-corrected chi connectivity index (χ2v) is 11.6. The minimum Gasteiger partial charge on any atom is -0.392 e. The Balaban J connectivity index is 1.72. The van der Waals surface area contributed by atoms with E-state index in [1.54, 1.807) is 5.57 Å². The van der Waals surface area contributed by atoms with Crippen molar-refractivity contribution in [3.05, 3.63) is 35.5 Å². The summed E-state index contributed by atoms with van der Waals surface area (Å²) in [6, 6.07) is 0. The van der Waals surface area contributed by atoms with Crippen LogP contribution in [0.1, 0.15) is 98.8 Å². The lowest BCUT2D eigenvalue weighted by molar-refractivity contribution is 0.0167. The maximum atomic E-state index is 10.6. The molecule has 0 aromatic heterocycles. The molecular formula is C29H48O2. The molecule has 0 heterocycles. The van der Waals surface area contributed by atoms with Crippen molar-refractivity contribution in [2.75, 3.05) is 0 Å². The standard InChI is InChI=1S/C29H48O2/c1-7-24-27(30)18-23(21(5)28(24)31)14-13-22-12-9-17-29(6)25(15-16-26(22)29)20(4)11-8-10-19(2)3/h13-14,19-20,24-28,30-31H,5,7-12,15-18H2,1-4,6H3/b22-13+,23-14-/t20-,24+,25-,26+,27-,28-,29-/m1/s1. The first kappa shape index (κ1) is 24.8. The second kappa shape index (κ2) is 10.4. The number of aliphatic hydroxyl groups excluding tert-OH is 2. The summed E-state index contributed by atoms with van der Waals surface area (Å²) in [5.74, 6) is 3.10. The molecule has 2 nitrogen and oxygen atoms in total. The quantitative estimate of drug-likeness (QED) is 0.449. The Morgan fingerprint density at radius 3 is 2.55 bits per heavy atom. The molecule has 0 aromatic rings. The fourth-order valence-corrected chi connectivity index (χ4v) is 7.31. The molecule has 0 aromatic carbocycles. The molecule has 3 rings (SSSR count). The van der Waals surface area contributed by atoms with Crippen LogP contribution in [0.4, 0.5) is 0 Å². The highest BCUT2D eigenvalue weighted by Gasteiger charge is 2.50. The van der Waals surface area contributed by atoms with E-state index < -0.39 is 12.2 Å². The van der Waals surface area contributed by atoms with Crippen LogP contribution < -0.4 is 0 Å². The molecule has 2 heteroatoms. The Morgan fingerprint density at radius 1 is 1.13 bits per heavy atom. The third-order valence-corrected chi connectivity index (χ3v) is 9.23. The van der Waals surface area contributed by atoms with E-state index in [1.807, 2.05) is 6.92 Å². The van der Waals surface area contributed by atoms with E-state index in [9.17, 15) is 10.2 Å². The molecule has 3 aliphatic carbocycles. The normalized spacial score (nSPS) is 40.0. The monoisotopic (exact) mass is 428 g/mol. The van der Waals surface area contributed by atoms with Gasteiger partial charge in [-0.3, -0.25) is 0 Å². The van der Waals surface area contributed by atoms with Crippen molar-refractivity contribution in [2.24, 2.45) is 35.0 Å². The van der Waals surface area contributed by atoms with E-state index in [0.717, 1.165) is 35.3 Å². The first-order valence-corrected chi connectivity index (χ1v) is 13.1. The SMILES string of the molecule is C=C1/C(=C\C=C2/CCC[C@]3(C)[C@@H]([C@H](C)CCCC(C)C)CC[C@@H]23)C[C@@H](O)[C@H](CC)[C@@H]1O. The van der Waals surface area contributed by atoms with Crippen molar-refractivity contribution in [1.29, 1.82) is 0 Å². The summed E-state index contributed by atoms with van der Waals surface area (Å²) in [4.78, 5) is 0. The van der Waals surface area contributed by atoms with E-state index in [4.69, 9.17) is 0 Å². The highest BCUT2D eigenvalue weighted by Crippen LogP contribution is 2.60. The summed E-state index contributed by atoms with van der Waals surface area (Å²) in [6.07, 6.45) is 15.5. The van der Waals surface area contributed by atoms with Crippen LogP contribution in [0.2, 0.25) is 0 Å². The maximum absolute atomic E-state index is 10.6. The van der Waals surface area contributed by atoms with Crippen LogP contribution in [0.15, 0.2) is 35.5 Å². The molecule has 3 aliphatic rings. The number of fused-ring (bicyclic) bond motifs is 1. The first-order valence-electron chi connectivity index (χ1n) is 13.1. The molecule has 7 atom stereocenters. The molecule has 3 saturated carbocycles. The highest BCUT2D eigenvalue weighted by atomic mass is 16.3. The summed E-state index contributed by atoms with van der Waals surface area (Å²) in [6.45, 7) is 16.0. The fourth-order valence-electron chi connectivity index (χ4n) is 7.31. The molecule has 0 bridgehead atoms. The third kappa shape index (κ3) is 5.22. The van der Waals surface area contributed by atoms with Crippen LogP contribution in [0, 0.1) is 35.0 Å². The van der Waals surface area contributed by atoms with E-state index in [1.165, 1.54) is 51.4 Å². The van der Waals surface area contributed by atoms with E-state index in [2.05, 4.69) is 46.4 Å². The summed E-state index contributed by atoms with van der Waals surface area (Å²) < 4.78 is 0. The number of aliphatic hydroxyl groups is 2. The van der Waals surface area contributed by atoms with Gasteiger partial charge in [0.15, 0.2) is 0 Å². The van der Waals surface area contributed by atoms with Crippen LogP contribution in [-0.4, -0.2) is 22.4 Å². The topological polar surface area (TPSA) is 40.5 Å². The number of rotatable bonds is 7. The minimum absolute atomic E-state index is 0.0805. The van der Waals surface area contributed by atoms with E-state index in [0.29, 0.717) is 17.8 Å². The van der Waals surface area contributed by atoms with Crippen molar-refractivity contribution in [1.82, 2.24) is 0 Å². The van der Waals surface area contributed by atoms with Crippen LogP contribution >= 0.6 is 0 Å². The zero-order valence-electron chi connectivity index (χ0n) is 20.9. The molecule has 0 unspecified atom stereocenters. The van der Waals surface area contributed by atoms with Crippen LogP contribution in [0.25, 0.3) is 0 Å². The first-order chi connectivity index (χ1) is 14.7. The Morgan fingerprint density at radius 2 is 1.87 bits per heavy atom. The molecule has 31 heavy (non-hydrogen) atoms. The third-order valence-electron chi connectivity index (χ3n) is 9.23. The maximum Gasteiger partial charge on any atom is 0.0839 e. The molecule has 176 valence electrons. The van der Waals surface area contributed by atoms with E-state index >= 15 is 0 Å². The van der Waals surface area contributed by atoms with Crippen LogP contribution in [0.3, 0.4) is 0 Å². The Bertz CT molecular complexity index is 687.